The van der Waals surface area contributed by atoms with Gasteiger partial charge in [0.15, 0.2) is 0 Å². The molecule has 0 aliphatic carbocycles. The molecule has 0 saturated carbocycles. The Morgan fingerprint density at radius 3 is 2.57 bits per heavy atom. The number of aromatic nitrogens is 2. The molecule has 6 nitrogen and oxygen atoms in total. The standard InChI is InChI=1S/C17H21N3O3/c1-3-20-16(22)10-9-14(18-20)17(23)19(2)15(11-12-21)13-7-5-4-6-8-13/h4-10,15,21H,3,11-12H2,1-2H3. The van der Waals surface area contributed by atoms with Gasteiger partial charge in [-0.15, -0.1) is 0 Å². The zero-order chi connectivity index (χ0) is 16.8. The third kappa shape index (κ3) is 3.84. The van der Waals surface area contributed by atoms with Crippen molar-refractivity contribution in [3.8, 4) is 0 Å². The average molecular weight is 315 g/mol. The summed E-state index contributed by atoms with van der Waals surface area (Å²) in [5.41, 5.74) is 0.927. The molecular weight excluding hydrogens is 294 g/mol. The molecule has 6 heteroatoms. The SMILES string of the molecule is CCn1nc(C(=O)N(C)C(CCO)c2ccccc2)ccc1=O. The van der Waals surface area contributed by atoms with Crippen molar-refractivity contribution >= 4 is 5.91 Å². The van der Waals surface area contributed by atoms with E-state index in [0.717, 1.165) is 5.56 Å². The highest BCUT2D eigenvalue weighted by Gasteiger charge is 2.23. The Kier molecular flexibility index (Phi) is 5.65. The number of aliphatic hydroxyl groups is 1. The minimum atomic E-state index is -0.283. The van der Waals surface area contributed by atoms with Crippen molar-refractivity contribution in [3.05, 3.63) is 64.1 Å². The van der Waals surface area contributed by atoms with Crippen LogP contribution in [0, 0.1) is 0 Å². The van der Waals surface area contributed by atoms with Gasteiger partial charge in [0, 0.05) is 26.3 Å². The van der Waals surface area contributed by atoms with Crippen LogP contribution < -0.4 is 5.56 Å². The molecule has 23 heavy (non-hydrogen) atoms. The van der Waals surface area contributed by atoms with Crippen molar-refractivity contribution in [3.63, 3.8) is 0 Å². The zero-order valence-corrected chi connectivity index (χ0v) is 13.3. The fourth-order valence-electron chi connectivity index (χ4n) is 2.49. The Labute approximate surface area is 135 Å². The largest absolute Gasteiger partial charge is 0.396 e. The van der Waals surface area contributed by atoms with E-state index < -0.39 is 0 Å². The maximum absolute atomic E-state index is 12.7. The number of rotatable bonds is 6. The monoisotopic (exact) mass is 315 g/mol. The van der Waals surface area contributed by atoms with E-state index >= 15 is 0 Å². The Morgan fingerprint density at radius 1 is 1.26 bits per heavy atom. The van der Waals surface area contributed by atoms with Gasteiger partial charge in [-0.1, -0.05) is 30.3 Å². The normalized spacial score (nSPS) is 12.0. The van der Waals surface area contributed by atoms with E-state index in [1.54, 1.807) is 18.9 Å². The van der Waals surface area contributed by atoms with Gasteiger partial charge in [-0.3, -0.25) is 9.59 Å². The lowest BCUT2D eigenvalue weighted by molar-refractivity contribution is 0.0696. The first-order valence-corrected chi connectivity index (χ1v) is 7.59. The summed E-state index contributed by atoms with van der Waals surface area (Å²) in [4.78, 5) is 25.8. The van der Waals surface area contributed by atoms with Crippen LogP contribution in [0.3, 0.4) is 0 Å². The van der Waals surface area contributed by atoms with Gasteiger partial charge in [0.05, 0.1) is 6.04 Å². The molecule has 0 aliphatic rings. The number of hydrogen-bond donors (Lipinski definition) is 1. The first-order chi connectivity index (χ1) is 11.1. The molecule has 1 amide bonds. The summed E-state index contributed by atoms with van der Waals surface area (Å²) in [5.74, 6) is -0.283. The van der Waals surface area contributed by atoms with Gasteiger partial charge in [0.25, 0.3) is 11.5 Å². The topological polar surface area (TPSA) is 75.4 Å². The lowest BCUT2D eigenvalue weighted by Gasteiger charge is -2.28. The molecule has 1 heterocycles. The van der Waals surface area contributed by atoms with Crippen LogP contribution in [0.5, 0.6) is 0 Å². The summed E-state index contributed by atoms with van der Waals surface area (Å²) in [7, 11) is 1.68. The first kappa shape index (κ1) is 16.9. The second-order valence-electron chi connectivity index (χ2n) is 5.23. The van der Waals surface area contributed by atoms with Crippen molar-refractivity contribution in [2.24, 2.45) is 0 Å². The Balaban J connectivity index is 2.31. The van der Waals surface area contributed by atoms with Gasteiger partial charge in [-0.2, -0.15) is 5.10 Å². The van der Waals surface area contributed by atoms with Gasteiger partial charge in [0.1, 0.15) is 5.69 Å². The molecule has 0 fully saturated rings. The Morgan fingerprint density at radius 2 is 1.96 bits per heavy atom. The second kappa shape index (κ2) is 7.69. The van der Waals surface area contributed by atoms with Gasteiger partial charge >= 0.3 is 0 Å². The molecule has 0 aliphatic heterocycles. The van der Waals surface area contributed by atoms with E-state index in [9.17, 15) is 14.7 Å². The summed E-state index contributed by atoms with van der Waals surface area (Å²) in [6.07, 6.45) is 0.430. The van der Waals surface area contributed by atoms with Crippen LogP contribution in [-0.4, -0.2) is 39.3 Å². The molecule has 122 valence electrons. The van der Waals surface area contributed by atoms with Crippen LogP contribution >= 0.6 is 0 Å². The highest BCUT2D eigenvalue weighted by atomic mass is 16.3. The predicted octanol–water partition coefficient (Wildman–Crippen LogP) is 1.46. The van der Waals surface area contributed by atoms with E-state index in [0.29, 0.717) is 13.0 Å². The van der Waals surface area contributed by atoms with Crippen LogP contribution in [-0.2, 0) is 6.54 Å². The van der Waals surface area contributed by atoms with Crippen molar-refractivity contribution in [2.45, 2.75) is 25.9 Å². The van der Waals surface area contributed by atoms with E-state index in [1.807, 2.05) is 30.3 Å². The molecule has 0 saturated heterocycles. The predicted molar refractivity (Wildman–Crippen MR) is 87.2 cm³/mol. The van der Waals surface area contributed by atoms with Crippen molar-refractivity contribution < 1.29 is 9.90 Å². The van der Waals surface area contributed by atoms with Crippen molar-refractivity contribution in [1.82, 2.24) is 14.7 Å². The first-order valence-electron chi connectivity index (χ1n) is 7.59. The molecule has 1 N–H and O–H groups in total. The van der Waals surface area contributed by atoms with E-state index in [1.165, 1.54) is 16.8 Å². The van der Waals surface area contributed by atoms with Gasteiger partial charge in [-0.25, -0.2) is 4.68 Å². The maximum atomic E-state index is 12.7. The highest BCUT2D eigenvalue weighted by molar-refractivity contribution is 5.92. The number of benzene rings is 1. The zero-order valence-electron chi connectivity index (χ0n) is 13.3. The molecule has 1 unspecified atom stereocenters. The van der Waals surface area contributed by atoms with Gasteiger partial charge in [0.2, 0.25) is 0 Å². The number of carbonyl (C=O) groups excluding carboxylic acids is 1. The molecule has 0 radical (unpaired) electrons. The molecule has 0 bridgehead atoms. The van der Waals surface area contributed by atoms with E-state index in [-0.39, 0.29) is 29.8 Å². The van der Waals surface area contributed by atoms with Crippen LogP contribution in [0.25, 0.3) is 0 Å². The summed E-state index contributed by atoms with van der Waals surface area (Å²) in [6.45, 7) is 2.17. The van der Waals surface area contributed by atoms with Gasteiger partial charge < -0.3 is 10.0 Å². The average Bonchev–Trinajstić information content (AvgIpc) is 2.59. The number of aryl methyl sites for hydroxylation is 1. The number of nitrogens with zero attached hydrogens (tertiary/aromatic N) is 3. The highest BCUT2D eigenvalue weighted by Crippen LogP contribution is 2.23. The second-order valence-corrected chi connectivity index (χ2v) is 5.23. The lowest BCUT2D eigenvalue weighted by Crippen LogP contribution is -2.34. The molecule has 1 aromatic heterocycles. The Bertz CT molecular complexity index is 713. The van der Waals surface area contributed by atoms with Crippen molar-refractivity contribution in [1.29, 1.82) is 0 Å². The molecule has 2 aromatic rings. The molecule has 1 aromatic carbocycles. The minimum Gasteiger partial charge on any atom is -0.396 e. The van der Waals surface area contributed by atoms with E-state index in [4.69, 9.17) is 0 Å². The third-order valence-electron chi connectivity index (χ3n) is 3.76. The lowest BCUT2D eigenvalue weighted by atomic mass is 10.0. The van der Waals surface area contributed by atoms with Crippen LogP contribution in [0.15, 0.2) is 47.3 Å². The Hall–Kier alpha value is -2.47. The number of hydrogen-bond acceptors (Lipinski definition) is 4. The van der Waals surface area contributed by atoms with Crippen LogP contribution in [0.2, 0.25) is 0 Å². The summed E-state index contributed by atoms with van der Waals surface area (Å²) in [6, 6.07) is 12.1. The molecular formula is C17H21N3O3. The summed E-state index contributed by atoms with van der Waals surface area (Å²) >= 11 is 0. The number of aliphatic hydroxyl groups excluding tert-OH is 1. The third-order valence-corrected chi connectivity index (χ3v) is 3.76. The van der Waals surface area contributed by atoms with Crippen LogP contribution in [0.1, 0.15) is 35.4 Å². The summed E-state index contributed by atoms with van der Waals surface area (Å²) in [5, 5.41) is 13.4. The van der Waals surface area contributed by atoms with Gasteiger partial charge in [-0.05, 0) is 25.0 Å². The molecule has 0 spiro atoms. The maximum Gasteiger partial charge on any atom is 0.274 e. The number of amides is 1. The fraction of sp³-hybridized carbons (Fsp3) is 0.353. The minimum absolute atomic E-state index is 0.0287. The van der Waals surface area contributed by atoms with Crippen LogP contribution in [0.4, 0.5) is 0 Å². The quantitative estimate of drug-likeness (QED) is 0.875. The molecule has 1 atom stereocenters. The smallest absolute Gasteiger partial charge is 0.274 e. The van der Waals surface area contributed by atoms with E-state index in [2.05, 4.69) is 5.10 Å². The summed E-state index contributed by atoms with van der Waals surface area (Å²) < 4.78 is 1.25. The van der Waals surface area contributed by atoms with Crippen molar-refractivity contribution in [2.75, 3.05) is 13.7 Å². The molecule has 2 rings (SSSR count). The fourth-order valence-corrected chi connectivity index (χ4v) is 2.49. The number of carbonyl (C=O) groups is 1.